The monoisotopic (exact) mass is 189 g/mol. The molecule has 1 heterocycles. The van der Waals surface area contributed by atoms with Crippen molar-refractivity contribution in [3.8, 4) is 0 Å². The van der Waals surface area contributed by atoms with Crippen molar-refractivity contribution < 1.29 is 19.4 Å². The van der Waals surface area contributed by atoms with Crippen LogP contribution in [0.3, 0.4) is 0 Å². The van der Waals surface area contributed by atoms with Crippen LogP contribution in [0, 0.1) is 0 Å². The second-order valence-corrected chi connectivity index (χ2v) is 3.12. The Labute approximate surface area is 76.8 Å². The van der Waals surface area contributed by atoms with Crippen molar-refractivity contribution in [2.45, 2.75) is 25.0 Å². The van der Waals surface area contributed by atoms with E-state index in [4.69, 9.17) is 20.3 Å². The normalized spacial score (nSPS) is 25.5. The van der Waals surface area contributed by atoms with E-state index in [1.54, 1.807) is 0 Å². The predicted molar refractivity (Wildman–Crippen MR) is 45.4 cm³/mol. The summed E-state index contributed by atoms with van der Waals surface area (Å²) in [6.07, 6.45) is 1.90. The Balaban J connectivity index is 2.13. The lowest BCUT2D eigenvalue weighted by Crippen LogP contribution is -2.38. The molecule has 0 saturated carbocycles. The van der Waals surface area contributed by atoms with Gasteiger partial charge >= 0.3 is 5.97 Å². The van der Waals surface area contributed by atoms with Gasteiger partial charge in [0.05, 0.1) is 19.3 Å². The summed E-state index contributed by atoms with van der Waals surface area (Å²) in [4.78, 5) is 10.3. The van der Waals surface area contributed by atoms with Gasteiger partial charge in [0.1, 0.15) is 6.04 Å². The molecule has 0 aliphatic carbocycles. The molecule has 2 unspecified atom stereocenters. The molecule has 0 amide bonds. The van der Waals surface area contributed by atoms with Crippen molar-refractivity contribution in [3.63, 3.8) is 0 Å². The van der Waals surface area contributed by atoms with Gasteiger partial charge in [0.2, 0.25) is 0 Å². The van der Waals surface area contributed by atoms with Gasteiger partial charge in [-0.15, -0.1) is 0 Å². The Morgan fingerprint density at radius 1 is 1.77 bits per heavy atom. The first-order valence-corrected chi connectivity index (χ1v) is 4.38. The molecule has 0 spiro atoms. The van der Waals surface area contributed by atoms with Crippen LogP contribution in [0.4, 0.5) is 0 Å². The third-order valence-corrected chi connectivity index (χ3v) is 1.95. The highest BCUT2D eigenvalue weighted by Crippen LogP contribution is 2.09. The predicted octanol–water partition coefficient (Wildman–Crippen LogP) is -0.406. The molecule has 5 nitrogen and oxygen atoms in total. The molecule has 5 heteroatoms. The second kappa shape index (κ2) is 5.16. The van der Waals surface area contributed by atoms with E-state index >= 15 is 0 Å². The van der Waals surface area contributed by atoms with E-state index in [9.17, 15) is 4.79 Å². The van der Waals surface area contributed by atoms with Gasteiger partial charge in [-0.1, -0.05) is 0 Å². The fourth-order valence-corrected chi connectivity index (χ4v) is 1.15. The Morgan fingerprint density at radius 3 is 3.08 bits per heavy atom. The summed E-state index contributed by atoms with van der Waals surface area (Å²) >= 11 is 0. The largest absolute Gasteiger partial charge is 0.480 e. The Kier molecular flexibility index (Phi) is 4.14. The number of carboxylic acids is 1. The molecule has 3 N–H and O–H groups in total. The maximum Gasteiger partial charge on any atom is 0.322 e. The number of carbonyl (C=O) groups is 1. The van der Waals surface area contributed by atoms with Gasteiger partial charge in [-0.05, 0) is 12.8 Å². The van der Waals surface area contributed by atoms with Crippen LogP contribution in [-0.4, -0.2) is 43.0 Å². The van der Waals surface area contributed by atoms with Gasteiger partial charge in [0, 0.05) is 6.61 Å². The maximum atomic E-state index is 10.3. The van der Waals surface area contributed by atoms with E-state index in [-0.39, 0.29) is 12.7 Å². The second-order valence-electron chi connectivity index (χ2n) is 3.12. The van der Waals surface area contributed by atoms with Crippen LogP contribution < -0.4 is 5.73 Å². The third-order valence-electron chi connectivity index (χ3n) is 1.95. The van der Waals surface area contributed by atoms with Gasteiger partial charge in [-0.3, -0.25) is 4.79 Å². The lowest BCUT2D eigenvalue weighted by molar-refractivity contribution is -0.141. The Hall–Kier alpha value is -0.650. The number of rotatable bonds is 4. The minimum absolute atomic E-state index is 0.0131. The summed E-state index contributed by atoms with van der Waals surface area (Å²) in [5, 5.41) is 8.48. The lowest BCUT2D eigenvalue weighted by Gasteiger charge is -2.23. The number of aliphatic carboxylic acids is 1. The molecule has 1 saturated heterocycles. The van der Waals surface area contributed by atoms with Crippen LogP contribution >= 0.6 is 0 Å². The van der Waals surface area contributed by atoms with E-state index < -0.39 is 12.0 Å². The van der Waals surface area contributed by atoms with E-state index in [1.165, 1.54) is 0 Å². The number of hydrogen-bond acceptors (Lipinski definition) is 4. The van der Waals surface area contributed by atoms with Crippen molar-refractivity contribution in [2.75, 3.05) is 19.8 Å². The molecule has 0 aromatic heterocycles. The molecule has 76 valence electrons. The first-order chi connectivity index (χ1) is 6.20. The molecule has 1 aliphatic heterocycles. The minimum Gasteiger partial charge on any atom is -0.480 e. The van der Waals surface area contributed by atoms with E-state index in [0.717, 1.165) is 19.4 Å². The van der Waals surface area contributed by atoms with Gasteiger partial charge in [0.15, 0.2) is 0 Å². The minimum atomic E-state index is -1.03. The fraction of sp³-hybridized carbons (Fsp3) is 0.875. The number of carboxylic acid groups (broad SMARTS) is 1. The lowest BCUT2D eigenvalue weighted by atomic mass is 10.2. The van der Waals surface area contributed by atoms with E-state index in [1.807, 2.05) is 0 Å². The summed E-state index contributed by atoms with van der Waals surface area (Å²) in [5.74, 6) is -1.03. The van der Waals surface area contributed by atoms with Crippen molar-refractivity contribution in [1.29, 1.82) is 0 Å². The topological polar surface area (TPSA) is 81.8 Å². The first-order valence-electron chi connectivity index (χ1n) is 4.38. The molecule has 0 radical (unpaired) electrons. The van der Waals surface area contributed by atoms with Gasteiger partial charge < -0.3 is 20.3 Å². The van der Waals surface area contributed by atoms with Gasteiger partial charge in [0.25, 0.3) is 0 Å². The number of nitrogens with two attached hydrogens (primary N) is 1. The zero-order valence-corrected chi connectivity index (χ0v) is 7.44. The molecule has 1 fully saturated rings. The van der Waals surface area contributed by atoms with Crippen LogP contribution in [-0.2, 0) is 14.3 Å². The molecule has 0 bridgehead atoms. The number of ether oxygens (including phenoxy) is 2. The standard InChI is InChI=1S/C8H15NO4/c9-7(8(10)11)5-13-6-2-1-3-12-4-6/h6-7H,1-5,9H2,(H,10,11). The summed E-state index contributed by atoms with van der Waals surface area (Å²) < 4.78 is 10.4. The molecule has 1 aliphatic rings. The van der Waals surface area contributed by atoms with E-state index in [0.29, 0.717) is 6.61 Å². The highest BCUT2D eigenvalue weighted by molar-refractivity contribution is 5.73. The highest BCUT2D eigenvalue weighted by atomic mass is 16.5. The summed E-state index contributed by atoms with van der Waals surface area (Å²) in [6, 6.07) is -0.929. The molecule has 0 aromatic rings. The Morgan fingerprint density at radius 2 is 2.54 bits per heavy atom. The maximum absolute atomic E-state index is 10.3. The van der Waals surface area contributed by atoms with Crippen molar-refractivity contribution >= 4 is 5.97 Å². The highest BCUT2D eigenvalue weighted by Gasteiger charge is 2.18. The first kappa shape index (κ1) is 10.4. The third kappa shape index (κ3) is 3.71. The van der Waals surface area contributed by atoms with Crippen molar-refractivity contribution in [3.05, 3.63) is 0 Å². The van der Waals surface area contributed by atoms with Crippen LogP contribution in [0.1, 0.15) is 12.8 Å². The average Bonchev–Trinajstić information content (AvgIpc) is 2.15. The van der Waals surface area contributed by atoms with Crippen LogP contribution in [0.5, 0.6) is 0 Å². The Bertz CT molecular complexity index is 168. The zero-order valence-electron chi connectivity index (χ0n) is 7.44. The summed E-state index contributed by atoms with van der Waals surface area (Å²) in [6.45, 7) is 1.38. The van der Waals surface area contributed by atoms with Crippen LogP contribution in [0.25, 0.3) is 0 Å². The molecular formula is C8H15NO4. The summed E-state index contributed by atoms with van der Waals surface area (Å²) in [7, 11) is 0. The van der Waals surface area contributed by atoms with Gasteiger partial charge in [-0.25, -0.2) is 0 Å². The van der Waals surface area contributed by atoms with Crippen LogP contribution in [0.15, 0.2) is 0 Å². The van der Waals surface area contributed by atoms with Crippen LogP contribution in [0.2, 0.25) is 0 Å². The van der Waals surface area contributed by atoms with Crippen molar-refractivity contribution in [1.82, 2.24) is 0 Å². The molecule has 2 atom stereocenters. The van der Waals surface area contributed by atoms with Gasteiger partial charge in [-0.2, -0.15) is 0 Å². The van der Waals surface area contributed by atoms with E-state index in [2.05, 4.69) is 0 Å². The zero-order chi connectivity index (χ0) is 9.68. The molecular weight excluding hydrogens is 174 g/mol. The fourth-order valence-electron chi connectivity index (χ4n) is 1.15. The van der Waals surface area contributed by atoms with Crippen molar-refractivity contribution in [2.24, 2.45) is 5.73 Å². The average molecular weight is 189 g/mol. The smallest absolute Gasteiger partial charge is 0.322 e. The molecule has 0 aromatic carbocycles. The molecule has 13 heavy (non-hydrogen) atoms. The SMILES string of the molecule is NC(COC1CCCOC1)C(=O)O. The summed E-state index contributed by atoms with van der Waals surface area (Å²) in [5.41, 5.74) is 5.27. The number of hydrogen-bond donors (Lipinski definition) is 2. The quantitative estimate of drug-likeness (QED) is 0.628. The molecule has 1 rings (SSSR count).